The average molecular weight is 600 g/mol. The summed E-state index contributed by atoms with van der Waals surface area (Å²) >= 11 is 0. The van der Waals surface area contributed by atoms with Gasteiger partial charge in [-0.05, 0) is 61.2 Å². The molecule has 0 aromatic carbocycles. The summed E-state index contributed by atoms with van der Waals surface area (Å²) in [6.07, 6.45) is 11.3. The molecule has 10 nitrogen and oxygen atoms in total. The van der Waals surface area contributed by atoms with E-state index in [0.717, 1.165) is 79.2 Å². The Hall–Kier alpha value is -4.45. The van der Waals surface area contributed by atoms with Gasteiger partial charge < -0.3 is 20.4 Å². The molecule has 7 rings (SSSR count). The Bertz CT molecular complexity index is 1700. The number of carbonyl (C=O) groups excluding carboxylic acids is 1. The van der Waals surface area contributed by atoms with Crippen molar-refractivity contribution in [3.63, 3.8) is 0 Å². The second-order valence-electron chi connectivity index (χ2n) is 12.0. The number of piperazine rings is 1. The highest BCUT2D eigenvalue weighted by Gasteiger charge is 2.46. The van der Waals surface area contributed by atoms with Gasteiger partial charge in [-0.2, -0.15) is 5.10 Å². The Balaban J connectivity index is 1.06. The number of halogens is 2. The molecule has 2 N–H and O–H groups in total. The molecule has 5 heterocycles. The number of anilines is 2. The van der Waals surface area contributed by atoms with Gasteiger partial charge in [-0.3, -0.25) is 4.79 Å². The molecular formula is C32H35F2N9O. The van der Waals surface area contributed by atoms with E-state index in [2.05, 4.69) is 60.8 Å². The molecule has 0 atom stereocenters. The van der Waals surface area contributed by atoms with Crippen LogP contribution >= 0.6 is 0 Å². The molecule has 0 bridgehead atoms. The highest BCUT2D eigenvalue weighted by molar-refractivity contribution is 6.01. The normalized spacial score (nSPS) is 18.7. The number of carbonyl (C=O) groups is 1. The summed E-state index contributed by atoms with van der Waals surface area (Å²) < 4.78 is 28.2. The first-order valence-corrected chi connectivity index (χ1v) is 15.2. The summed E-state index contributed by atoms with van der Waals surface area (Å²) in [5, 5.41) is 10.4. The quantitative estimate of drug-likeness (QED) is 0.326. The fraction of sp³-hybridized carbons (Fsp3) is 0.406. The van der Waals surface area contributed by atoms with E-state index in [1.54, 1.807) is 4.52 Å². The largest absolute Gasteiger partial charge is 0.354 e. The van der Waals surface area contributed by atoms with E-state index < -0.39 is 17.9 Å². The van der Waals surface area contributed by atoms with E-state index in [0.29, 0.717) is 23.6 Å². The Kier molecular flexibility index (Phi) is 7.45. The number of pyridine rings is 2. The zero-order valence-electron chi connectivity index (χ0n) is 24.6. The minimum Gasteiger partial charge on any atom is -0.354 e. The zero-order valence-corrected chi connectivity index (χ0v) is 24.6. The van der Waals surface area contributed by atoms with Crippen LogP contribution in [0.5, 0.6) is 0 Å². The molecule has 44 heavy (non-hydrogen) atoms. The molecule has 12 heteroatoms. The van der Waals surface area contributed by atoms with Crippen LogP contribution in [0.2, 0.25) is 0 Å². The third-order valence-electron chi connectivity index (χ3n) is 8.71. The first kappa shape index (κ1) is 28.3. The van der Waals surface area contributed by atoms with Gasteiger partial charge >= 0.3 is 0 Å². The van der Waals surface area contributed by atoms with Gasteiger partial charge in [0.1, 0.15) is 5.82 Å². The van der Waals surface area contributed by atoms with Crippen molar-refractivity contribution < 1.29 is 13.6 Å². The maximum Gasteiger partial charge on any atom is 0.255 e. The van der Waals surface area contributed by atoms with Gasteiger partial charge in [0.2, 0.25) is 5.95 Å². The predicted molar refractivity (Wildman–Crippen MR) is 164 cm³/mol. The number of aryl methyl sites for hydroxylation is 1. The zero-order chi connectivity index (χ0) is 30.3. The number of nitrogens with one attached hydrogen (secondary N) is 2. The lowest BCUT2D eigenvalue weighted by Crippen LogP contribution is -2.50. The summed E-state index contributed by atoms with van der Waals surface area (Å²) in [4.78, 5) is 31.8. The van der Waals surface area contributed by atoms with Crippen LogP contribution in [0.25, 0.3) is 11.1 Å². The second-order valence-corrected chi connectivity index (χ2v) is 12.0. The minimum absolute atomic E-state index is 0.330. The number of rotatable bonds is 7. The molecule has 0 radical (unpaired) electrons. The van der Waals surface area contributed by atoms with Crippen LogP contribution in [0, 0.1) is 0 Å². The lowest BCUT2D eigenvalue weighted by Gasteiger charge is -2.35. The van der Waals surface area contributed by atoms with Crippen molar-refractivity contribution in [1.29, 1.82) is 0 Å². The molecule has 1 saturated carbocycles. The Morgan fingerprint density at radius 2 is 1.91 bits per heavy atom. The molecule has 2 fully saturated rings. The molecule has 4 aromatic heterocycles. The van der Waals surface area contributed by atoms with Crippen molar-refractivity contribution in [3.8, 4) is 0 Å². The van der Waals surface area contributed by atoms with Crippen LogP contribution in [-0.4, -0.2) is 80.6 Å². The van der Waals surface area contributed by atoms with E-state index in [4.69, 9.17) is 4.98 Å². The van der Waals surface area contributed by atoms with Gasteiger partial charge in [0.05, 0.1) is 23.0 Å². The Labute approximate surface area is 254 Å². The maximum absolute atomic E-state index is 13.3. The first-order valence-electron chi connectivity index (χ1n) is 15.2. The van der Waals surface area contributed by atoms with E-state index in [9.17, 15) is 13.6 Å². The van der Waals surface area contributed by atoms with Crippen LogP contribution in [-0.2, 0) is 13.0 Å². The number of allylic oxidation sites excluding steroid dienone is 1. The van der Waals surface area contributed by atoms with Gasteiger partial charge in [0, 0.05) is 75.8 Å². The SMILES string of the molecule is CN1CCN(c2ccc(CNc3ncc4c(n3)CCCC=C4c3ccn4ncc(C(=O)NC5CC(F)(F)C5)c4c3)cn2)CC1. The highest BCUT2D eigenvalue weighted by Crippen LogP contribution is 2.37. The first-order chi connectivity index (χ1) is 21.3. The number of likely N-dealkylation sites (N-methyl/N-ethyl adjacent to an activating group) is 1. The third kappa shape index (κ3) is 5.86. The van der Waals surface area contributed by atoms with Crippen molar-refractivity contribution >= 4 is 28.8 Å². The standard InChI is InChI=1S/C32H35F2N9O/c1-41-10-12-42(13-11-41)29-7-6-21(17-35-29)18-36-31-37-19-25-24(4-2-3-5-27(25)40-31)22-8-9-43-28(14-22)26(20-38-43)30(44)39-23-15-32(33,34)16-23/h4,6-9,14,17,19-20,23H,2-3,5,10-13,15-16,18H2,1H3,(H,39,44)(H,36,37,40). The second kappa shape index (κ2) is 11.6. The Morgan fingerprint density at radius 3 is 2.68 bits per heavy atom. The van der Waals surface area contributed by atoms with Crippen molar-refractivity contribution in [2.75, 3.05) is 43.4 Å². The van der Waals surface area contributed by atoms with E-state index in [1.807, 2.05) is 30.7 Å². The molecule has 4 aromatic rings. The molecular weight excluding hydrogens is 564 g/mol. The fourth-order valence-electron chi connectivity index (χ4n) is 6.09. The van der Waals surface area contributed by atoms with Crippen LogP contribution < -0.4 is 15.5 Å². The van der Waals surface area contributed by atoms with Crippen LogP contribution in [0.3, 0.4) is 0 Å². The van der Waals surface area contributed by atoms with Gasteiger partial charge in [-0.15, -0.1) is 0 Å². The number of alkyl halides is 2. The number of aromatic nitrogens is 5. The number of hydrogen-bond acceptors (Lipinski definition) is 8. The summed E-state index contributed by atoms with van der Waals surface area (Å²) in [6, 6.07) is 7.53. The number of nitrogens with zero attached hydrogens (tertiary/aromatic N) is 7. The van der Waals surface area contributed by atoms with Gasteiger partial charge in [-0.1, -0.05) is 12.1 Å². The maximum atomic E-state index is 13.3. The molecule has 228 valence electrons. The van der Waals surface area contributed by atoms with Crippen LogP contribution in [0.1, 0.15) is 58.4 Å². The van der Waals surface area contributed by atoms with Gasteiger partial charge in [0.15, 0.2) is 0 Å². The number of amides is 1. The van der Waals surface area contributed by atoms with Crippen LogP contribution in [0.4, 0.5) is 20.5 Å². The highest BCUT2D eigenvalue weighted by atomic mass is 19.3. The number of hydrogen-bond donors (Lipinski definition) is 2. The monoisotopic (exact) mass is 599 g/mol. The van der Waals surface area contributed by atoms with E-state index in [-0.39, 0.29) is 12.8 Å². The smallest absolute Gasteiger partial charge is 0.255 e. The van der Waals surface area contributed by atoms with E-state index in [1.165, 1.54) is 6.20 Å². The average Bonchev–Trinajstić information content (AvgIpc) is 3.32. The molecule has 0 spiro atoms. The van der Waals surface area contributed by atoms with Crippen molar-refractivity contribution in [2.45, 2.75) is 50.6 Å². The van der Waals surface area contributed by atoms with Crippen molar-refractivity contribution in [3.05, 3.63) is 83.1 Å². The third-order valence-corrected chi connectivity index (χ3v) is 8.71. The summed E-state index contributed by atoms with van der Waals surface area (Å²) in [7, 11) is 2.14. The minimum atomic E-state index is -2.70. The van der Waals surface area contributed by atoms with E-state index >= 15 is 0 Å². The molecule has 0 unspecified atom stereocenters. The molecule has 1 aliphatic heterocycles. The number of fused-ring (bicyclic) bond motifs is 2. The summed E-state index contributed by atoms with van der Waals surface area (Å²) in [5.41, 5.74) is 5.87. The van der Waals surface area contributed by atoms with Gasteiger partial charge in [-0.25, -0.2) is 28.2 Å². The predicted octanol–water partition coefficient (Wildman–Crippen LogP) is 4.18. The molecule has 1 saturated heterocycles. The lowest BCUT2D eigenvalue weighted by molar-refractivity contribution is -0.0901. The summed E-state index contributed by atoms with van der Waals surface area (Å²) in [5.74, 6) is -1.51. The summed E-state index contributed by atoms with van der Waals surface area (Å²) in [6.45, 7) is 4.62. The topological polar surface area (TPSA) is 104 Å². The lowest BCUT2D eigenvalue weighted by atomic mass is 9.88. The van der Waals surface area contributed by atoms with Crippen molar-refractivity contribution in [1.82, 2.24) is 34.8 Å². The molecule has 2 aliphatic carbocycles. The van der Waals surface area contributed by atoms with Gasteiger partial charge in [0.25, 0.3) is 11.8 Å². The van der Waals surface area contributed by atoms with Crippen LogP contribution in [0.15, 0.2) is 55.1 Å². The molecule has 3 aliphatic rings. The molecule has 1 amide bonds. The van der Waals surface area contributed by atoms with Crippen molar-refractivity contribution in [2.24, 2.45) is 0 Å². The fourth-order valence-corrected chi connectivity index (χ4v) is 6.09. The Morgan fingerprint density at radius 1 is 1.07 bits per heavy atom.